The van der Waals surface area contributed by atoms with Gasteiger partial charge in [-0.15, -0.1) is 0 Å². The molecule has 0 radical (unpaired) electrons. The molecule has 6 heteroatoms. The maximum Gasteiger partial charge on any atom is 0.263 e. The fourth-order valence-corrected chi connectivity index (χ4v) is 2.77. The molecule has 0 atom stereocenters. The molecule has 0 bridgehead atoms. The standard InChI is InChI=1S/C22H27ClN2O3/c1-22(2,21(27)25-15-5-3-4-14-24)28-19-12-8-17(9-13-19)20(26)16-6-10-18(23)11-7-16/h6-13H,3-5,14-15,24H2,1-2H3,(H,25,27). The second-order valence-electron chi connectivity index (χ2n) is 7.08. The van der Waals surface area contributed by atoms with Crippen molar-refractivity contribution in [2.45, 2.75) is 38.7 Å². The molecule has 3 N–H and O–H groups in total. The van der Waals surface area contributed by atoms with Crippen molar-refractivity contribution in [2.24, 2.45) is 5.73 Å². The van der Waals surface area contributed by atoms with Crippen molar-refractivity contribution in [3.8, 4) is 5.75 Å². The van der Waals surface area contributed by atoms with E-state index in [1.165, 1.54) is 0 Å². The zero-order chi connectivity index (χ0) is 20.6. The number of carbonyl (C=O) groups excluding carboxylic acids is 2. The summed E-state index contributed by atoms with van der Waals surface area (Å²) in [5.74, 6) is 0.246. The Bertz CT molecular complexity index is 786. The Labute approximate surface area is 171 Å². The number of ketones is 1. The Morgan fingerprint density at radius 3 is 2.11 bits per heavy atom. The van der Waals surface area contributed by atoms with Crippen LogP contribution >= 0.6 is 11.6 Å². The van der Waals surface area contributed by atoms with Crippen molar-refractivity contribution < 1.29 is 14.3 Å². The van der Waals surface area contributed by atoms with Crippen LogP contribution in [0, 0.1) is 0 Å². The highest BCUT2D eigenvalue weighted by molar-refractivity contribution is 6.30. The quantitative estimate of drug-likeness (QED) is 0.465. The molecule has 0 aliphatic carbocycles. The number of halogens is 1. The van der Waals surface area contributed by atoms with Crippen LogP contribution in [0.4, 0.5) is 0 Å². The molecule has 2 aromatic rings. The first-order valence-electron chi connectivity index (χ1n) is 9.41. The van der Waals surface area contributed by atoms with E-state index < -0.39 is 5.60 Å². The minimum atomic E-state index is -1.02. The Morgan fingerprint density at radius 1 is 0.964 bits per heavy atom. The van der Waals surface area contributed by atoms with E-state index in [9.17, 15) is 9.59 Å². The number of rotatable bonds is 10. The Kier molecular flexibility index (Phi) is 8.03. The average Bonchev–Trinajstić information content (AvgIpc) is 2.68. The zero-order valence-electron chi connectivity index (χ0n) is 16.3. The van der Waals surface area contributed by atoms with Crippen molar-refractivity contribution in [1.82, 2.24) is 5.32 Å². The second kappa shape index (κ2) is 10.2. The van der Waals surface area contributed by atoms with Crippen LogP contribution in [0.3, 0.4) is 0 Å². The lowest BCUT2D eigenvalue weighted by Crippen LogP contribution is -2.46. The largest absolute Gasteiger partial charge is 0.478 e. The maximum atomic E-state index is 12.5. The number of ether oxygens (including phenoxy) is 1. The summed E-state index contributed by atoms with van der Waals surface area (Å²) in [6.45, 7) is 4.70. The number of carbonyl (C=O) groups is 2. The van der Waals surface area contributed by atoms with E-state index in [4.69, 9.17) is 22.1 Å². The summed E-state index contributed by atoms with van der Waals surface area (Å²) in [6.07, 6.45) is 2.83. The van der Waals surface area contributed by atoms with Gasteiger partial charge >= 0.3 is 0 Å². The van der Waals surface area contributed by atoms with Crippen LogP contribution in [0.2, 0.25) is 5.02 Å². The predicted molar refractivity (Wildman–Crippen MR) is 112 cm³/mol. The lowest BCUT2D eigenvalue weighted by Gasteiger charge is -2.25. The monoisotopic (exact) mass is 402 g/mol. The molecule has 0 heterocycles. The van der Waals surface area contributed by atoms with Gasteiger partial charge in [0, 0.05) is 22.7 Å². The van der Waals surface area contributed by atoms with Crippen LogP contribution in [0.5, 0.6) is 5.75 Å². The van der Waals surface area contributed by atoms with E-state index in [1.54, 1.807) is 62.4 Å². The van der Waals surface area contributed by atoms with Gasteiger partial charge in [0.1, 0.15) is 5.75 Å². The van der Waals surface area contributed by atoms with Gasteiger partial charge in [0.15, 0.2) is 11.4 Å². The minimum absolute atomic E-state index is 0.0994. The molecule has 0 fully saturated rings. The van der Waals surface area contributed by atoms with Gasteiger partial charge in [-0.05, 0) is 81.8 Å². The first-order valence-corrected chi connectivity index (χ1v) is 9.79. The van der Waals surface area contributed by atoms with Crippen LogP contribution in [0.1, 0.15) is 49.0 Å². The third-order valence-electron chi connectivity index (χ3n) is 4.31. The summed E-state index contributed by atoms with van der Waals surface area (Å²) in [4.78, 5) is 24.9. The highest BCUT2D eigenvalue weighted by Gasteiger charge is 2.29. The Hall–Kier alpha value is -2.37. The third-order valence-corrected chi connectivity index (χ3v) is 4.56. The van der Waals surface area contributed by atoms with E-state index in [0.717, 1.165) is 19.3 Å². The fraction of sp³-hybridized carbons (Fsp3) is 0.364. The first kappa shape index (κ1) is 21.9. The van der Waals surface area contributed by atoms with Gasteiger partial charge in [-0.25, -0.2) is 0 Å². The van der Waals surface area contributed by atoms with Gasteiger partial charge in [0.05, 0.1) is 0 Å². The lowest BCUT2D eigenvalue weighted by atomic mass is 10.0. The van der Waals surface area contributed by atoms with E-state index in [2.05, 4.69) is 5.32 Å². The highest BCUT2D eigenvalue weighted by atomic mass is 35.5. The number of benzene rings is 2. The fourth-order valence-electron chi connectivity index (χ4n) is 2.64. The molecule has 0 saturated carbocycles. The number of amides is 1. The van der Waals surface area contributed by atoms with Gasteiger partial charge < -0.3 is 15.8 Å². The average molecular weight is 403 g/mol. The van der Waals surface area contributed by atoms with Gasteiger partial charge in [-0.2, -0.15) is 0 Å². The summed E-state index contributed by atoms with van der Waals surface area (Å²) in [5, 5.41) is 3.47. The van der Waals surface area contributed by atoms with E-state index in [1.807, 2.05) is 0 Å². The molecule has 2 aromatic carbocycles. The van der Waals surface area contributed by atoms with E-state index in [-0.39, 0.29) is 11.7 Å². The molecule has 0 aliphatic rings. The van der Waals surface area contributed by atoms with Gasteiger partial charge in [-0.1, -0.05) is 18.0 Å². The molecule has 150 valence electrons. The van der Waals surface area contributed by atoms with Crippen molar-refractivity contribution in [2.75, 3.05) is 13.1 Å². The van der Waals surface area contributed by atoms with Crippen LogP contribution in [0.25, 0.3) is 0 Å². The molecular formula is C22H27ClN2O3. The molecule has 28 heavy (non-hydrogen) atoms. The maximum absolute atomic E-state index is 12.5. The van der Waals surface area contributed by atoms with Crippen LogP contribution in [-0.4, -0.2) is 30.4 Å². The van der Waals surface area contributed by atoms with E-state index >= 15 is 0 Å². The molecule has 5 nitrogen and oxygen atoms in total. The molecule has 0 unspecified atom stereocenters. The van der Waals surface area contributed by atoms with Crippen molar-refractivity contribution in [1.29, 1.82) is 0 Å². The van der Waals surface area contributed by atoms with E-state index in [0.29, 0.717) is 35.0 Å². The molecule has 2 rings (SSSR count). The molecule has 0 spiro atoms. The van der Waals surface area contributed by atoms with Crippen molar-refractivity contribution in [3.05, 3.63) is 64.7 Å². The SMILES string of the molecule is CC(C)(Oc1ccc(C(=O)c2ccc(Cl)cc2)cc1)C(=O)NCCCCCN. The van der Waals surface area contributed by atoms with Crippen LogP contribution < -0.4 is 15.8 Å². The van der Waals surface area contributed by atoms with Crippen molar-refractivity contribution in [3.63, 3.8) is 0 Å². The van der Waals surface area contributed by atoms with Crippen LogP contribution in [-0.2, 0) is 4.79 Å². The second-order valence-corrected chi connectivity index (χ2v) is 7.51. The topological polar surface area (TPSA) is 81.4 Å². The number of hydrogen-bond acceptors (Lipinski definition) is 4. The normalized spacial score (nSPS) is 11.1. The van der Waals surface area contributed by atoms with Crippen LogP contribution in [0.15, 0.2) is 48.5 Å². The number of hydrogen-bond donors (Lipinski definition) is 2. The summed E-state index contributed by atoms with van der Waals surface area (Å²) in [7, 11) is 0. The summed E-state index contributed by atoms with van der Waals surface area (Å²) in [5.41, 5.74) is 5.54. The summed E-state index contributed by atoms with van der Waals surface area (Å²) in [6, 6.07) is 13.5. The Morgan fingerprint density at radius 2 is 1.54 bits per heavy atom. The lowest BCUT2D eigenvalue weighted by molar-refractivity contribution is -0.134. The number of nitrogens with two attached hydrogens (primary N) is 1. The molecule has 0 aromatic heterocycles. The summed E-state index contributed by atoms with van der Waals surface area (Å²) < 4.78 is 5.84. The zero-order valence-corrected chi connectivity index (χ0v) is 17.1. The minimum Gasteiger partial charge on any atom is -0.478 e. The summed E-state index contributed by atoms with van der Waals surface area (Å²) >= 11 is 5.86. The molecular weight excluding hydrogens is 376 g/mol. The van der Waals surface area contributed by atoms with Crippen molar-refractivity contribution >= 4 is 23.3 Å². The number of nitrogens with one attached hydrogen (secondary N) is 1. The first-order chi connectivity index (χ1) is 13.3. The van der Waals surface area contributed by atoms with Gasteiger partial charge in [0.2, 0.25) is 0 Å². The number of unbranched alkanes of at least 4 members (excludes halogenated alkanes) is 2. The Balaban J connectivity index is 1.94. The highest BCUT2D eigenvalue weighted by Crippen LogP contribution is 2.21. The third kappa shape index (κ3) is 6.36. The van der Waals surface area contributed by atoms with Gasteiger partial charge in [-0.3, -0.25) is 9.59 Å². The predicted octanol–water partition coefficient (Wildman–Crippen LogP) is 3.97. The molecule has 0 saturated heterocycles. The smallest absolute Gasteiger partial charge is 0.263 e. The molecule has 1 amide bonds. The molecule has 0 aliphatic heterocycles. The van der Waals surface area contributed by atoms with Gasteiger partial charge in [0.25, 0.3) is 5.91 Å².